The lowest BCUT2D eigenvalue weighted by molar-refractivity contribution is -0.00521. The van der Waals surface area contributed by atoms with Crippen LogP contribution in [0.3, 0.4) is 0 Å². The lowest BCUT2D eigenvalue weighted by Crippen LogP contribution is -2.45. The molecule has 4 aromatic rings. The predicted molar refractivity (Wildman–Crippen MR) is 130 cm³/mol. The molecule has 0 saturated carbocycles. The summed E-state index contributed by atoms with van der Waals surface area (Å²) in [6.45, 7) is 7.94. The summed E-state index contributed by atoms with van der Waals surface area (Å²) in [5.41, 5.74) is 13.1. The number of nitrogens with two attached hydrogens (primary N) is 1. The highest BCUT2D eigenvalue weighted by atomic mass is 35.5. The quantitative estimate of drug-likeness (QED) is 0.466. The monoisotopic (exact) mass is 447 g/mol. The molecule has 2 aromatic carbocycles. The SMILES string of the molecule is Cc1nc2c(-c3cccc(N4C[C@@H](C)O[C@@H](C)C4)c3)cnn2c(N)c1-c1cccc(Cl)c1. The minimum atomic E-state index is 0.202. The third kappa shape index (κ3) is 3.70. The number of benzene rings is 2. The number of aryl methyl sites for hydroxylation is 1. The second-order valence-corrected chi connectivity index (χ2v) is 8.91. The van der Waals surface area contributed by atoms with Gasteiger partial charge in [0.1, 0.15) is 5.82 Å². The maximum Gasteiger partial charge on any atom is 0.165 e. The lowest BCUT2D eigenvalue weighted by atomic mass is 10.0. The smallest absolute Gasteiger partial charge is 0.165 e. The van der Waals surface area contributed by atoms with Crippen molar-refractivity contribution in [1.82, 2.24) is 14.6 Å². The Morgan fingerprint density at radius 1 is 1.03 bits per heavy atom. The molecule has 6 nitrogen and oxygen atoms in total. The summed E-state index contributed by atoms with van der Waals surface area (Å²) < 4.78 is 7.60. The molecule has 7 heteroatoms. The number of ether oxygens (including phenoxy) is 1. The number of fused-ring (bicyclic) bond motifs is 1. The molecule has 0 spiro atoms. The Morgan fingerprint density at radius 2 is 1.75 bits per heavy atom. The highest BCUT2D eigenvalue weighted by molar-refractivity contribution is 6.30. The van der Waals surface area contributed by atoms with Crippen LogP contribution in [-0.4, -0.2) is 39.9 Å². The number of morpholine rings is 1. The molecule has 3 heterocycles. The average Bonchev–Trinajstić information content (AvgIpc) is 3.17. The molecule has 0 radical (unpaired) electrons. The van der Waals surface area contributed by atoms with Crippen LogP contribution in [0.2, 0.25) is 5.02 Å². The molecule has 0 amide bonds. The van der Waals surface area contributed by atoms with E-state index >= 15 is 0 Å². The van der Waals surface area contributed by atoms with Gasteiger partial charge in [0.2, 0.25) is 0 Å². The fourth-order valence-electron chi connectivity index (χ4n) is 4.60. The van der Waals surface area contributed by atoms with Gasteiger partial charge < -0.3 is 15.4 Å². The first-order chi connectivity index (χ1) is 15.4. The Hall–Kier alpha value is -3.09. The summed E-state index contributed by atoms with van der Waals surface area (Å²) in [5.74, 6) is 0.549. The van der Waals surface area contributed by atoms with E-state index in [0.29, 0.717) is 10.8 Å². The van der Waals surface area contributed by atoms with E-state index in [4.69, 9.17) is 27.1 Å². The van der Waals surface area contributed by atoms with Crippen molar-refractivity contribution in [2.75, 3.05) is 23.7 Å². The maximum absolute atomic E-state index is 6.57. The van der Waals surface area contributed by atoms with E-state index in [-0.39, 0.29) is 12.2 Å². The van der Waals surface area contributed by atoms with Gasteiger partial charge in [-0.25, -0.2) is 4.98 Å². The molecule has 2 aromatic heterocycles. The van der Waals surface area contributed by atoms with E-state index in [1.807, 2.05) is 37.4 Å². The average molecular weight is 448 g/mol. The molecule has 0 aliphatic carbocycles. The van der Waals surface area contributed by atoms with Crippen molar-refractivity contribution in [3.8, 4) is 22.3 Å². The van der Waals surface area contributed by atoms with Gasteiger partial charge in [-0.2, -0.15) is 9.61 Å². The van der Waals surface area contributed by atoms with Gasteiger partial charge in [-0.15, -0.1) is 0 Å². The van der Waals surface area contributed by atoms with Gasteiger partial charge in [-0.05, 0) is 56.2 Å². The van der Waals surface area contributed by atoms with Crippen LogP contribution in [0.15, 0.2) is 54.7 Å². The zero-order valence-corrected chi connectivity index (χ0v) is 19.2. The van der Waals surface area contributed by atoms with E-state index in [9.17, 15) is 0 Å². The summed E-state index contributed by atoms with van der Waals surface area (Å²) in [7, 11) is 0. The van der Waals surface area contributed by atoms with Crippen molar-refractivity contribution in [3.05, 3.63) is 65.4 Å². The van der Waals surface area contributed by atoms with Gasteiger partial charge >= 0.3 is 0 Å². The highest BCUT2D eigenvalue weighted by Crippen LogP contribution is 2.34. The van der Waals surface area contributed by atoms with Crippen molar-refractivity contribution in [1.29, 1.82) is 0 Å². The molecule has 2 N–H and O–H groups in total. The van der Waals surface area contributed by atoms with Crippen LogP contribution >= 0.6 is 11.6 Å². The van der Waals surface area contributed by atoms with Gasteiger partial charge in [-0.1, -0.05) is 35.9 Å². The standard InChI is InChI=1S/C25H26ClN5O/c1-15-13-30(14-16(2)32-15)21-9-5-6-18(11-21)22-12-28-31-24(27)23(17(3)29-25(22)31)19-7-4-8-20(26)10-19/h4-12,15-16H,13-14,27H2,1-3H3/t15-,16+. The molecule has 32 heavy (non-hydrogen) atoms. The van der Waals surface area contributed by atoms with Crippen LogP contribution in [-0.2, 0) is 4.74 Å². The van der Waals surface area contributed by atoms with Crippen molar-refractivity contribution in [2.45, 2.75) is 33.0 Å². The Balaban J connectivity index is 1.58. The zero-order valence-electron chi connectivity index (χ0n) is 18.4. The first-order valence-corrected chi connectivity index (χ1v) is 11.2. The molecule has 0 bridgehead atoms. The van der Waals surface area contributed by atoms with Crippen LogP contribution in [0, 0.1) is 6.92 Å². The molecule has 5 rings (SSSR count). The fraction of sp³-hybridized carbons (Fsp3) is 0.280. The third-order valence-corrected chi connectivity index (χ3v) is 6.15. The van der Waals surface area contributed by atoms with Crippen LogP contribution in [0.5, 0.6) is 0 Å². The number of hydrogen-bond acceptors (Lipinski definition) is 5. The molecule has 2 atom stereocenters. The Kier molecular flexibility index (Phi) is 5.27. The number of aromatic nitrogens is 3. The number of rotatable bonds is 3. The second kappa shape index (κ2) is 8.11. The first kappa shape index (κ1) is 20.8. The highest BCUT2D eigenvalue weighted by Gasteiger charge is 2.23. The molecular weight excluding hydrogens is 422 g/mol. The van der Waals surface area contributed by atoms with Crippen LogP contribution in [0.1, 0.15) is 19.5 Å². The molecule has 1 saturated heterocycles. The molecule has 1 fully saturated rings. The number of nitrogens with zero attached hydrogens (tertiary/aromatic N) is 4. The van der Waals surface area contributed by atoms with Crippen molar-refractivity contribution < 1.29 is 4.74 Å². The van der Waals surface area contributed by atoms with Crippen molar-refractivity contribution in [2.24, 2.45) is 0 Å². The predicted octanol–water partition coefficient (Wildman–Crippen LogP) is 5.22. The molecule has 1 aliphatic heterocycles. The third-order valence-electron chi connectivity index (χ3n) is 5.92. The molecule has 0 unspecified atom stereocenters. The first-order valence-electron chi connectivity index (χ1n) is 10.8. The lowest BCUT2D eigenvalue weighted by Gasteiger charge is -2.37. The summed E-state index contributed by atoms with van der Waals surface area (Å²) in [6.07, 6.45) is 2.24. The summed E-state index contributed by atoms with van der Waals surface area (Å²) in [4.78, 5) is 7.26. The topological polar surface area (TPSA) is 68.7 Å². The minimum absolute atomic E-state index is 0.202. The number of nitrogen functional groups attached to an aromatic ring is 1. The Labute approximate surface area is 192 Å². The van der Waals surface area contributed by atoms with Crippen molar-refractivity contribution in [3.63, 3.8) is 0 Å². The van der Waals surface area contributed by atoms with Crippen LogP contribution < -0.4 is 10.6 Å². The van der Waals surface area contributed by atoms with E-state index < -0.39 is 0 Å². The van der Waals surface area contributed by atoms with Crippen LogP contribution in [0.4, 0.5) is 11.5 Å². The Morgan fingerprint density at radius 3 is 2.50 bits per heavy atom. The van der Waals surface area contributed by atoms with Crippen LogP contribution in [0.25, 0.3) is 27.9 Å². The Bertz CT molecular complexity index is 1290. The normalized spacial score (nSPS) is 18.9. The van der Waals surface area contributed by atoms with E-state index in [1.54, 1.807) is 4.52 Å². The van der Waals surface area contributed by atoms with Gasteiger partial charge in [0, 0.05) is 34.9 Å². The van der Waals surface area contributed by atoms with Gasteiger partial charge in [0.25, 0.3) is 0 Å². The van der Waals surface area contributed by atoms with E-state index in [0.717, 1.165) is 46.7 Å². The maximum atomic E-state index is 6.57. The van der Waals surface area contributed by atoms with E-state index in [1.165, 1.54) is 5.69 Å². The summed E-state index contributed by atoms with van der Waals surface area (Å²) in [5, 5.41) is 5.23. The summed E-state index contributed by atoms with van der Waals surface area (Å²) in [6, 6.07) is 16.1. The van der Waals surface area contributed by atoms with Gasteiger partial charge in [0.15, 0.2) is 5.65 Å². The largest absolute Gasteiger partial charge is 0.383 e. The fourth-order valence-corrected chi connectivity index (χ4v) is 4.79. The second-order valence-electron chi connectivity index (χ2n) is 8.47. The van der Waals surface area contributed by atoms with Gasteiger partial charge in [-0.3, -0.25) is 0 Å². The minimum Gasteiger partial charge on any atom is -0.383 e. The summed E-state index contributed by atoms with van der Waals surface area (Å²) >= 11 is 6.20. The van der Waals surface area contributed by atoms with Crippen molar-refractivity contribution >= 4 is 28.8 Å². The molecular formula is C25H26ClN5O. The number of halogens is 1. The molecule has 164 valence electrons. The number of anilines is 2. The number of hydrogen-bond donors (Lipinski definition) is 1. The van der Waals surface area contributed by atoms with E-state index in [2.05, 4.69) is 48.1 Å². The zero-order chi connectivity index (χ0) is 22.4. The molecule has 1 aliphatic rings. The van der Waals surface area contributed by atoms with Gasteiger partial charge in [0.05, 0.1) is 24.1 Å².